The van der Waals surface area contributed by atoms with Crippen LogP contribution < -0.4 is 0 Å². The molecule has 1 aliphatic heterocycles. The minimum atomic E-state index is -7.89. The van der Waals surface area contributed by atoms with Crippen LogP contribution in [0.3, 0.4) is 0 Å². The van der Waals surface area contributed by atoms with Gasteiger partial charge in [0.25, 0.3) is 0 Å². The van der Waals surface area contributed by atoms with E-state index in [4.69, 9.17) is 5.11 Å². The first-order valence-electron chi connectivity index (χ1n) is 5.40. The Morgan fingerprint density at radius 3 is 1.30 bits per heavy atom. The smallest absolute Gasteiger partial charge is 0.441 e. The van der Waals surface area contributed by atoms with Crippen LogP contribution in [0, 0.1) is 0 Å². The molecule has 162 valence electrons. The summed E-state index contributed by atoms with van der Waals surface area (Å²) < 4.78 is 183. The maximum absolute atomic E-state index is 13.6. The van der Waals surface area contributed by atoms with Gasteiger partial charge in [-0.15, -0.1) is 4.90 Å². The molecule has 0 aromatic carbocycles. The van der Waals surface area contributed by atoms with E-state index in [9.17, 15) is 66.3 Å². The Labute approximate surface area is 135 Å². The Morgan fingerprint density at radius 1 is 0.778 bits per heavy atom. The second-order valence-corrected chi connectivity index (χ2v) is 4.56. The molecule has 0 amide bonds. The zero-order valence-electron chi connectivity index (χ0n) is 11.4. The first-order valence-corrected chi connectivity index (χ1v) is 5.40. The molecule has 0 spiro atoms. The highest BCUT2D eigenvalue weighted by Crippen LogP contribution is 2.62. The average molecular weight is 445 g/mol. The van der Waals surface area contributed by atoms with Crippen LogP contribution in [0.1, 0.15) is 0 Å². The predicted octanol–water partition coefficient (Wildman–Crippen LogP) is 3.79. The van der Waals surface area contributed by atoms with E-state index in [0.29, 0.717) is 0 Å². The predicted molar refractivity (Wildman–Crippen MR) is 47.7 cm³/mol. The molecule has 0 radical (unpaired) electrons. The molecular weight excluding hydrogens is 443 g/mol. The Balaban J connectivity index is 0.00000676. The van der Waals surface area contributed by atoms with Crippen molar-refractivity contribution in [3.05, 3.63) is 0 Å². The second-order valence-electron chi connectivity index (χ2n) is 4.56. The molecule has 1 aliphatic rings. The number of nitrogens with zero attached hydrogens (tertiary/aromatic N) is 1. The van der Waals surface area contributed by atoms with Crippen molar-refractivity contribution in [1.82, 2.24) is 4.90 Å². The van der Waals surface area contributed by atoms with Gasteiger partial charge in [0.2, 0.25) is 0 Å². The molecule has 19 heteroatoms. The monoisotopic (exact) mass is 445 g/mol. The molecule has 0 bridgehead atoms. The molecule has 1 rings (SSSR count). The van der Waals surface area contributed by atoms with Gasteiger partial charge in [-0.2, -0.15) is 57.1 Å². The maximum atomic E-state index is 13.6. The van der Waals surface area contributed by atoms with E-state index in [1.165, 1.54) is 0 Å². The van der Waals surface area contributed by atoms with Gasteiger partial charge in [0.15, 0.2) is 0 Å². The number of carboxylic acids is 1. The molecule has 0 aliphatic carbocycles. The summed E-state index contributed by atoms with van der Waals surface area (Å²) in [6, 6.07) is -22.7. The van der Waals surface area contributed by atoms with E-state index >= 15 is 0 Å². The van der Waals surface area contributed by atoms with Crippen LogP contribution in [0.5, 0.6) is 0 Å². The number of alkyl halides is 14. The van der Waals surface area contributed by atoms with Crippen molar-refractivity contribution in [3.8, 4) is 0 Å². The lowest BCUT2D eigenvalue weighted by Crippen LogP contribution is -2.82. The number of halogens is 15. The highest BCUT2D eigenvalue weighted by Gasteiger charge is 2.93. The van der Waals surface area contributed by atoms with Crippen molar-refractivity contribution in [2.45, 2.75) is 42.2 Å². The van der Waals surface area contributed by atoms with Crippen LogP contribution in [0.25, 0.3) is 0 Å². The Bertz CT molecular complexity index is 574. The zero-order valence-corrected chi connectivity index (χ0v) is 11.4. The van der Waals surface area contributed by atoms with Gasteiger partial charge < -0.3 is 5.11 Å². The van der Waals surface area contributed by atoms with Gasteiger partial charge in [-0.05, 0) is 0 Å². The van der Waals surface area contributed by atoms with Gasteiger partial charge in [-0.25, -0.2) is 13.9 Å². The zero-order chi connectivity index (χ0) is 21.4. The first-order chi connectivity index (χ1) is 11.0. The number of carboxylic acid groups (broad SMARTS) is 1. The fourth-order valence-corrected chi connectivity index (χ4v) is 1.65. The fraction of sp³-hybridized carbons (Fsp3) is 0.875. The van der Waals surface area contributed by atoms with E-state index in [-0.39, 0.29) is 4.70 Å². The minimum absolute atomic E-state index is 0. The van der Waals surface area contributed by atoms with Gasteiger partial charge in [0.1, 0.15) is 0 Å². The number of morpholine rings is 1. The molecule has 1 N–H and O–H groups in total. The maximum Gasteiger partial charge on any atom is 0.441 e. The summed E-state index contributed by atoms with van der Waals surface area (Å²) in [5.41, 5.74) is -7.43. The van der Waals surface area contributed by atoms with E-state index in [1.54, 1.807) is 4.74 Å². The summed E-state index contributed by atoms with van der Waals surface area (Å²) in [5, 5.41) is 7.94. The lowest BCUT2D eigenvalue weighted by Gasteiger charge is -2.51. The standard InChI is InChI=1S/C8HF14NO3.FH/c9-2(1(24)25,3(10,11)12)4(13,14)23-5(15,16)7(19,20)26-8(21,22)6(23,17)18;/h(H,24,25);1H. The van der Waals surface area contributed by atoms with Crippen molar-refractivity contribution in [3.63, 3.8) is 0 Å². The first kappa shape index (κ1) is 25.3. The Kier molecular flexibility index (Phi) is 5.55. The molecule has 0 aromatic rings. The average Bonchev–Trinajstić information content (AvgIpc) is 2.31. The summed E-state index contributed by atoms with van der Waals surface area (Å²) in [6.07, 6.45) is -21.5. The van der Waals surface area contributed by atoms with E-state index in [0.717, 1.165) is 0 Å². The third-order valence-electron chi connectivity index (χ3n) is 2.90. The molecule has 1 unspecified atom stereocenters. The normalized spacial score (nSPS) is 26.6. The molecule has 1 heterocycles. The lowest BCUT2D eigenvalue weighted by molar-refractivity contribution is -0.592. The summed E-state index contributed by atoms with van der Waals surface area (Å²) >= 11 is 0. The topological polar surface area (TPSA) is 49.8 Å². The quantitative estimate of drug-likeness (QED) is 0.531. The van der Waals surface area contributed by atoms with Crippen molar-refractivity contribution in [2.75, 3.05) is 0 Å². The van der Waals surface area contributed by atoms with Crippen molar-refractivity contribution in [1.29, 1.82) is 0 Å². The van der Waals surface area contributed by atoms with Crippen molar-refractivity contribution in [2.24, 2.45) is 0 Å². The van der Waals surface area contributed by atoms with E-state index in [1.807, 2.05) is 0 Å². The molecule has 1 atom stereocenters. The van der Waals surface area contributed by atoms with Gasteiger partial charge in [0.05, 0.1) is 0 Å². The number of hydrogen-bond acceptors (Lipinski definition) is 3. The van der Waals surface area contributed by atoms with Crippen LogP contribution in [-0.2, 0) is 9.53 Å². The summed E-state index contributed by atoms with van der Waals surface area (Å²) in [6.45, 7) is 0. The summed E-state index contributed by atoms with van der Waals surface area (Å²) in [4.78, 5) is 6.04. The number of carbonyl (C=O) groups is 1. The number of ether oxygens (including phenoxy) is 1. The Morgan fingerprint density at radius 2 is 1.07 bits per heavy atom. The molecule has 27 heavy (non-hydrogen) atoms. The minimum Gasteiger partial charge on any atom is -0.478 e. The highest BCUT2D eigenvalue weighted by atomic mass is 19.4. The molecule has 0 aromatic heterocycles. The SMILES string of the molecule is F.O=C(O)C(F)(C(F)(F)F)C(F)(F)N1C(F)(F)C(F)(F)OC(F)(F)C1(F)F. The van der Waals surface area contributed by atoms with Gasteiger partial charge in [0, 0.05) is 0 Å². The van der Waals surface area contributed by atoms with Crippen LogP contribution >= 0.6 is 0 Å². The second kappa shape index (κ2) is 5.92. The number of hydrogen-bond donors (Lipinski definition) is 1. The molecule has 1 saturated heterocycles. The molecule has 4 nitrogen and oxygen atoms in total. The van der Waals surface area contributed by atoms with Gasteiger partial charge in [-0.3, -0.25) is 4.70 Å². The van der Waals surface area contributed by atoms with Crippen LogP contribution in [0.15, 0.2) is 0 Å². The van der Waals surface area contributed by atoms with Crippen LogP contribution in [-0.4, -0.2) is 58.2 Å². The van der Waals surface area contributed by atoms with Crippen LogP contribution in [0.2, 0.25) is 0 Å². The molecular formula is C8H2F15NO3. The summed E-state index contributed by atoms with van der Waals surface area (Å²) in [7, 11) is 0. The van der Waals surface area contributed by atoms with Gasteiger partial charge in [-0.1, -0.05) is 0 Å². The number of rotatable bonds is 3. The van der Waals surface area contributed by atoms with Crippen molar-refractivity contribution >= 4 is 5.97 Å². The van der Waals surface area contributed by atoms with E-state index < -0.39 is 53.1 Å². The third kappa shape index (κ3) is 2.93. The third-order valence-corrected chi connectivity index (χ3v) is 2.90. The lowest BCUT2D eigenvalue weighted by atomic mass is 10.00. The largest absolute Gasteiger partial charge is 0.478 e. The Hall–Kier alpha value is -1.66. The molecule has 0 saturated carbocycles. The van der Waals surface area contributed by atoms with E-state index in [2.05, 4.69) is 0 Å². The van der Waals surface area contributed by atoms with Crippen molar-refractivity contribution < 1.29 is 80.8 Å². The fourth-order valence-electron chi connectivity index (χ4n) is 1.65. The summed E-state index contributed by atoms with van der Waals surface area (Å²) in [5.74, 6) is -4.46. The molecule has 1 fully saturated rings. The highest BCUT2D eigenvalue weighted by molar-refractivity contribution is 5.80. The van der Waals surface area contributed by atoms with Gasteiger partial charge >= 0.3 is 48.2 Å². The van der Waals surface area contributed by atoms with Crippen LogP contribution in [0.4, 0.5) is 66.2 Å². The number of aliphatic carboxylic acids is 1.